The Labute approximate surface area is 207 Å². The maximum absolute atomic E-state index is 12.9. The minimum absolute atomic E-state index is 0.0285. The highest BCUT2D eigenvalue weighted by molar-refractivity contribution is 8.19. The molecule has 0 spiro atoms. The minimum Gasteiger partial charge on any atom is -0.493 e. The van der Waals surface area contributed by atoms with E-state index in [0.29, 0.717) is 27.3 Å². The molecule has 0 bridgehead atoms. The second-order valence-electron chi connectivity index (χ2n) is 7.03. The van der Waals surface area contributed by atoms with Crippen molar-refractivity contribution in [2.45, 2.75) is 37.3 Å². The summed E-state index contributed by atoms with van der Waals surface area (Å²) < 4.78 is 40.8. The number of hydrogen-bond acceptors (Lipinski definition) is 7. The lowest BCUT2D eigenvalue weighted by molar-refractivity contribution is -0.122. The van der Waals surface area contributed by atoms with Gasteiger partial charge in [-0.25, -0.2) is 0 Å². The maximum Gasteiger partial charge on any atom is 0.294 e. The fraction of sp³-hybridized carbons (Fsp3) is 0.364. The highest BCUT2D eigenvalue weighted by Gasteiger charge is 2.34. The van der Waals surface area contributed by atoms with Crippen LogP contribution in [-0.2, 0) is 14.8 Å². The molecule has 0 saturated carbocycles. The third-order valence-electron chi connectivity index (χ3n) is 4.70. The number of amidine groups is 1. The fourth-order valence-electron chi connectivity index (χ4n) is 3.02. The Morgan fingerprint density at radius 2 is 1.94 bits per heavy atom. The van der Waals surface area contributed by atoms with Crippen LogP contribution < -0.4 is 9.47 Å². The van der Waals surface area contributed by atoms with E-state index < -0.39 is 10.0 Å². The van der Waals surface area contributed by atoms with Gasteiger partial charge in [-0.1, -0.05) is 37.4 Å². The summed E-state index contributed by atoms with van der Waals surface area (Å²) in [6, 6.07) is 8.32. The summed E-state index contributed by atoms with van der Waals surface area (Å²) in [6.07, 6.45) is 4.86. The van der Waals surface area contributed by atoms with Crippen LogP contribution in [0.4, 0.5) is 0 Å². The molecule has 1 aliphatic rings. The van der Waals surface area contributed by atoms with Crippen LogP contribution in [0.15, 0.2) is 43.8 Å². The third kappa shape index (κ3) is 6.32. The third-order valence-corrected chi connectivity index (χ3v) is 8.78. The van der Waals surface area contributed by atoms with Crippen LogP contribution in [0, 0.1) is 0 Å². The molecule has 1 aromatic carbocycles. The second kappa shape index (κ2) is 11.4. The van der Waals surface area contributed by atoms with Gasteiger partial charge in [0, 0.05) is 6.54 Å². The van der Waals surface area contributed by atoms with E-state index in [1.807, 2.05) is 6.07 Å². The summed E-state index contributed by atoms with van der Waals surface area (Å²) in [7, 11) is -2.41. The van der Waals surface area contributed by atoms with Crippen molar-refractivity contribution in [2.75, 3.05) is 20.3 Å². The SMILES string of the molecule is CCCCCOc1ccc(C=C2SC(=NS(=O)(=O)c3ccc(Cl)s3)N(CC)C2=O)cc1OC. The second-order valence-corrected chi connectivity index (χ2v) is 11.6. The first-order valence-corrected chi connectivity index (χ1v) is 13.9. The first-order chi connectivity index (χ1) is 15.8. The van der Waals surface area contributed by atoms with E-state index in [9.17, 15) is 13.2 Å². The number of methoxy groups -OCH3 is 1. The van der Waals surface area contributed by atoms with Gasteiger partial charge in [-0.2, -0.15) is 8.42 Å². The molecular weight excluding hydrogens is 504 g/mol. The molecule has 1 fully saturated rings. The molecule has 3 rings (SSSR count). The molecule has 1 aliphatic heterocycles. The normalized spacial score (nSPS) is 16.7. The molecule has 1 amide bonds. The zero-order chi connectivity index (χ0) is 24.0. The van der Waals surface area contributed by atoms with E-state index in [4.69, 9.17) is 21.1 Å². The number of likely N-dealkylation sites (N-methyl/N-ethyl adjacent to an activating group) is 1. The minimum atomic E-state index is -3.97. The summed E-state index contributed by atoms with van der Waals surface area (Å²) >= 11 is 7.80. The van der Waals surface area contributed by atoms with Gasteiger partial charge < -0.3 is 9.47 Å². The Morgan fingerprint density at radius 3 is 2.58 bits per heavy atom. The standard InChI is InChI=1S/C22H25ClN2O5S3/c1-4-6-7-12-30-16-9-8-15(13-17(16)29-3)14-18-21(26)25(5-2)22(31-18)24-33(27,28)20-11-10-19(23)32-20/h8-11,13-14H,4-7,12H2,1-3H3. The van der Waals surface area contributed by atoms with Crippen molar-refractivity contribution >= 4 is 61.9 Å². The molecule has 0 unspecified atom stereocenters. The lowest BCUT2D eigenvalue weighted by Crippen LogP contribution is -2.29. The summed E-state index contributed by atoms with van der Waals surface area (Å²) in [5, 5.41) is 0.112. The number of carbonyl (C=O) groups excluding carboxylic acids is 1. The Kier molecular flexibility index (Phi) is 8.86. The monoisotopic (exact) mass is 528 g/mol. The van der Waals surface area contributed by atoms with Gasteiger partial charge in [-0.3, -0.25) is 9.69 Å². The number of unbranched alkanes of at least 4 members (excludes halogenated alkanes) is 2. The molecule has 33 heavy (non-hydrogen) atoms. The maximum atomic E-state index is 12.9. The first-order valence-electron chi connectivity index (χ1n) is 10.4. The molecule has 0 N–H and O–H groups in total. The van der Waals surface area contributed by atoms with E-state index in [0.717, 1.165) is 47.9 Å². The molecule has 0 aliphatic carbocycles. The predicted molar refractivity (Wildman–Crippen MR) is 135 cm³/mol. The number of thioether (sulfide) groups is 1. The largest absolute Gasteiger partial charge is 0.493 e. The zero-order valence-corrected chi connectivity index (χ0v) is 21.7. The van der Waals surface area contributed by atoms with Gasteiger partial charge in [0.2, 0.25) is 0 Å². The van der Waals surface area contributed by atoms with E-state index >= 15 is 0 Å². The van der Waals surface area contributed by atoms with E-state index in [-0.39, 0.29) is 21.8 Å². The highest BCUT2D eigenvalue weighted by atomic mass is 35.5. The molecule has 178 valence electrons. The van der Waals surface area contributed by atoms with Crippen molar-refractivity contribution in [3.8, 4) is 11.5 Å². The number of ether oxygens (including phenoxy) is 2. The lowest BCUT2D eigenvalue weighted by Gasteiger charge is -2.12. The number of halogens is 1. The van der Waals surface area contributed by atoms with Crippen LogP contribution in [-0.4, -0.2) is 44.7 Å². The van der Waals surface area contributed by atoms with Gasteiger partial charge in [-0.15, -0.1) is 15.7 Å². The molecule has 0 atom stereocenters. The Hall–Kier alpha value is -2.01. The van der Waals surface area contributed by atoms with Gasteiger partial charge >= 0.3 is 0 Å². The molecule has 11 heteroatoms. The number of sulfonamides is 1. The fourth-order valence-corrected chi connectivity index (χ4v) is 6.72. The van der Waals surface area contributed by atoms with Crippen molar-refractivity contribution in [3.05, 3.63) is 45.1 Å². The topological polar surface area (TPSA) is 85.3 Å². The molecule has 0 radical (unpaired) electrons. The number of benzene rings is 1. The smallest absolute Gasteiger partial charge is 0.294 e. The number of nitrogens with zero attached hydrogens (tertiary/aromatic N) is 2. The first kappa shape index (κ1) is 25.6. The average Bonchev–Trinajstić information content (AvgIpc) is 3.35. The van der Waals surface area contributed by atoms with Crippen LogP contribution in [0.25, 0.3) is 6.08 Å². The van der Waals surface area contributed by atoms with E-state index in [1.54, 1.807) is 32.2 Å². The molecule has 2 aromatic rings. The number of carbonyl (C=O) groups is 1. The van der Waals surface area contributed by atoms with Crippen molar-refractivity contribution in [1.82, 2.24) is 4.90 Å². The summed E-state index contributed by atoms with van der Waals surface area (Å²) in [6.45, 7) is 4.79. The van der Waals surface area contributed by atoms with Crippen LogP contribution in [0.3, 0.4) is 0 Å². The van der Waals surface area contributed by atoms with Crippen LogP contribution in [0.2, 0.25) is 4.34 Å². The predicted octanol–water partition coefficient (Wildman–Crippen LogP) is 5.66. The molecule has 1 aromatic heterocycles. The van der Waals surface area contributed by atoms with Gasteiger partial charge in [0.05, 0.1) is 23.0 Å². The Bertz CT molecular complexity index is 1170. The Balaban J connectivity index is 1.84. The van der Waals surface area contributed by atoms with Gasteiger partial charge in [0.15, 0.2) is 16.7 Å². The van der Waals surface area contributed by atoms with Gasteiger partial charge in [0.1, 0.15) is 4.21 Å². The van der Waals surface area contributed by atoms with Crippen LogP contribution in [0.1, 0.15) is 38.7 Å². The van der Waals surface area contributed by atoms with E-state index in [2.05, 4.69) is 11.3 Å². The average molecular weight is 529 g/mol. The number of amides is 1. The Morgan fingerprint density at radius 1 is 1.15 bits per heavy atom. The number of hydrogen-bond donors (Lipinski definition) is 0. The number of rotatable bonds is 10. The van der Waals surface area contributed by atoms with Gasteiger partial charge in [0.25, 0.3) is 15.9 Å². The summed E-state index contributed by atoms with van der Waals surface area (Å²) in [5.41, 5.74) is 0.730. The zero-order valence-electron chi connectivity index (χ0n) is 18.5. The van der Waals surface area contributed by atoms with Crippen LogP contribution >= 0.6 is 34.7 Å². The van der Waals surface area contributed by atoms with Gasteiger partial charge in [-0.05, 0) is 61.0 Å². The molecule has 1 saturated heterocycles. The van der Waals surface area contributed by atoms with Crippen molar-refractivity contribution < 1.29 is 22.7 Å². The molecular formula is C22H25ClN2O5S3. The molecule has 2 heterocycles. The summed E-state index contributed by atoms with van der Waals surface area (Å²) in [5.74, 6) is 0.897. The molecule has 7 nitrogen and oxygen atoms in total. The van der Waals surface area contributed by atoms with Crippen molar-refractivity contribution in [2.24, 2.45) is 4.40 Å². The highest BCUT2D eigenvalue weighted by Crippen LogP contribution is 2.36. The van der Waals surface area contributed by atoms with Crippen molar-refractivity contribution in [1.29, 1.82) is 0 Å². The summed E-state index contributed by atoms with van der Waals surface area (Å²) in [4.78, 5) is 14.6. The lowest BCUT2D eigenvalue weighted by atomic mass is 10.2. The van der Waals surface area contributed by atoms with Crippen molar-refractivity contribution in [3.63, 3.8) is 0 Å². The number of thiophene rings is 1. The quantitative estimate of drug-likeness (QED) is 0.292. The van der Waals surface area contributed by atoms with E-state index in [1.165, 1.54) is 17.0 Å². The van der Waals surface area contributed by atoms with Crippen LogP contribution in [0.5, 0.6) is 11.5 Å².